The minimum Gasteiger partial charge on any atom is -0.497 e. The number of carbonyl (C=O) groups excluding carboxylic acids is 1. The minimum atomic E-state index is 0.0409. The van der Waals surface area contributed by atoms with Crippen LogP contribution < -0.4 is 4.74 Å². The standard InChI is InChI=1S/C20H23N3O2S/c1-5-22(13-16-6-8-17(25-4)9-7-16)19(24)18-12-14(2)23(15(18)3)20-21-10-11-26-20/h6-12H,5,13H2,1-4H3. The van der Waals surface area contributed by atoms with Crippen molar-refractivity contribution < 1.29 is 9.53 Å². The summed E-state index contributed by atoms with van der Waals surface area (Å²) in [6, 6.07) is 9.78. The summed E-state index contributed by atoms with van der Waals surface area (Å²) in [6.07, 6.45) is 1.78. The lowest BCUT2D eigenvalue weighted by Gasteiger charge is -2.21. The fourth-order valence-electron chi connectivity index (χ4n) is 3.05. The molecule has 0 saturated carbocycles. The molecule has 0 atom stereocenters. The summed E-state index contributed by atoms with van der Waals surface area (Å²) in [5, 5.41) is 2.83. The zero-order valence-corrected chi connectivity index (χ0v) is 16.3. The van der Waals surface area contributed by atoms with E-state index in [0.717, 1.165) is 33.4 Å². The predicted octanol–water partition coefficient (Wildman–Crippen LogP) is 4.22. The molecule has 2 aromatic heterocycles. The van der Waals surface area contributed by atoms with Crippen molar-refractivity contribution in [1.82, 2.24) is 14.5 Å². The molecule has 6 heteroatoms. The van der Waals surface area contributed by atoms with Crippen LogP contribution in [0, 0.1) is 13.8 Å². The first-order valence-electron chi connectivity index (χ1n) is 8.56. The molecule has 0 bridgehead atoms. The second kappa shape index (κ2) is 7.74. The molecule has 2 heterocycles. The molecule has 3 aromatic rings. The van der Waals surface area contributed by atoms with Crippen LogP contribution in [-0.2, 0) is 6.54 Å². The van der Waals surface area contributed by atoms with Crippen LogP contribution in [0.5, 0.6) is 5.75 Å². The summed E-state index contributed by atoms with van der Waals surface area (Å²) >= 11 is 1.56. The Morgan fingerprint density at radius 3 is 2.58 bits per heavy atom. The van der Waals surface area contributed by atoms with Crippen molar-refractivity contribution in [1.29, 1.82) is 0 Å². The summed E-state index contributed by atoms with van der Waals surface area (Å²) in [5.41, 5.74) is 3.75. The average Bonchev–Trinajstić information content (AvgIpc) is 3.27. The van der Waals surface area contributed by atoms with Gasteiger partial charge in [-0.15, -0.1) is 11.3 Å². The number of methoxy groups -OCH3 is 1. The molecule has 0 aliphatic heterocycles. The molecule has 0 radical (unpaired) electrons. The maximum atomic E-state index is 13.1. The molecule has 0 spiro atoms. The number of aromatic nitrogens is 2. The lowest BCUT2D eigenvalue weighted by molar-refractivity contribution is 0.0752. The summed E-state index contributed by atoms with van der Waals surface area (Å²) in [4.78, 5) is 19.4. The van der Waals surface area contributed by atoms with Crippen LogP contribution in [0.4, 0.5) is 0 Å². The van der Waals surface area contributed by atoms with Crippen LogP contribution in [0.1, 0.15) is 34.2 Å². The van der Waals surface area contributed by atoms with E-state index < -0.39 is 0 Å². The fourth-order valence-corrected chi connectivity index (χ4v) is 3.80. The van der Waals surface area contributed by atoms with Gasteiger partial charge >= 0.3 is 0 Å². The van der Waals surface area contributed by atoms with Crippen molar-refractivity contribution in [3.8, 4) is 10.9 Å². The first-order valence-corrected chi connectivity index (χ1v) is 9.44. The van der Waals surface area contributed by atoms with E-state index in [1.54, 1.807) is 24.6 Å². The quantitative estimate of drug-likeness (QED) is 0.653. The Balaban J connectivity index is 1.85. The summed E-state index contributed by atoms with van der Waals surface area (Å²) in [5.74, 6) is 0.856. The van der Waals surface area contributed by atoms with Gasteiger partial charge in [-0.05, 0) is 44.5 Å². The Morgan fingerprint density at radius 1 is 1.27 bits per heavy atom. The highest BCUT2D eigenvalue weighted by Gasteiger charge is 2.22. The van der Waals surface area contributed by atoms with E-state index in [1.165, 1.54) is 0 Å². The molecule has 26 heavy (non-hydrogen) atoms. The highest BCUT2D eigenvalue weighted by molar-refractivity contribution is 7.12. The highest BCUT2D eigenvalue weighted by atomic mass is 32.1. The van der Waals surface area contributed by atoms with Gasteiger partial charge in [-0.25, -0.2) is 4.98 Å². The molecular formula is C20H23N3O2S. The van der Waals surface area contributed by atoms with Gasteiger partial charge in [-0.3, -0.25) is 9.36 Å². The molecular weight excluding hydrogens is 346 g/mol. The van der Waals surface area contributed by atoms with Gasteiger partial charge in [0.1, 0.15) is 5.75 Å². The fraction of sp³-hybridized carbons (Fsp3) is 0.300. The summed E-state index contributed by atoms with van der Waals surface area (Å²) < 4.78 is 7.24. The zero-order chi connectivity index (χ0) is 18.7. The van der Waals surface area contributed by atoms with Crippen molar-refractivity contribution in [3.63, 3.8) is 0 Å². The third-order valence-corrected chi connectivity index (χ3v) is 5.23. The van der Waals surface area contributed by atoms with Crippen LogP contribution in [0.3, 0.4) is 0 Å². The lowest BCUT2D eigenvalue weighted by atomic mass is 10.1. The molecule has 0 aliphatic rings. The van der Waals surface area contributed by atoms with Gasteiger partial charge in [0.2, 0.25) is 0 Å². The van der Waals surface area contributed by atoms with E-state index >= 15 is 0 Å². The first-order chi connectivity index (χ1) is 12.5. The number of hydrogen-bond acceptors (Lipinski definition) is 4. The predicted molar refractivity (Wildman–Crippen MR) is 104 cm³/mol. The Morgan fingerprint density at radius 2 is 2.00 bits per heavy atom. The normalized spacial score (nSPS) is 10.8. The third kappa shape index (κ3) is 3.51. The molecule has 0 saturated heterocycles. The summed E-state index contributed by atoms with van der Waals surface area (Å²) in [7, 11) is 1.65. The molecule has 1 aromatic carbocycles. The largest absolute Gasteiger partial charge is 0.497 e. The molecule has 0 fully saturated rings. The van der Waals surface area contributed by atoms with E-state index in [1.807, 2.05) is 66.0 Å². The summed E-state index contributed by atoms with van der Waals surface area (Å²) in [6.45, 7) is 7.20. The smallest absolute Gasteiger partial charge is 0.255 e. The van der Waals surface area contributed by atoms with Crippen molar-refractivity contribution in [2.45, 2.75) is 27.3 Å². The number of nitrogens with zero attached hydrogens (tertiary/aromatic N) is 3. The van der Waals surface area contributed by atoms with Gasteiger partial charge in [0.25, 0.3) is 5.91 Å². The number of aryl methyl sites for hydroxylation is 1. The maximum Gasteiger partial charge on any atom is 0.255 e. The van der Waals surface area contributed by atoms with Crippen molar-refractivity contribution in [3.05, 3.63) is 64.4 Å². The second-order valence-electron chi connectivity index (χ2n) is 6.10. The Bertz CT molecular complexity index is 883. The van der Waals surface area contributed by atoms with Gasteiger partial charge < -0.3 is 9.64 Å². The zero-order valence-electron chi connectivity index (χ0n) is 15.5. The van der Waals surface area contributed by atoms with E-state index in [0.29, 0.717) is 13.1 Å². The van der Waals surface area contributed by atoms with E-state index in [-0.39, 0.29) is 5.91 Å². The Labute approximate surface area is 157 Å². The maximum absolute atomic E-state index is 13.1. The van der Waals surface area contributed by atoms with E-state index in [9.17, 15) is 4.79 Å². The van der Waals surface area contributed by atoms with Gasteiger partial charge in [0.05, 0.1) is 12.7 Å². The van der Waals surface area contributed by atoms with Crippen LogP contribution in [0.2, 0.25) is 0 Å². The lowest BCUT2D eigenvalue weighted by Crippen LogP contribution is -2.30. The van der Waals surface area contributed by atoms with Crippen LogP contribution in [-0.4, -0.2) is 34.0 Å². The number of amides is 1. The highest BCUT2D eigenvalue weighted by Crippen LogP contribution is 2.24. The first kappa shape index (κ1) is 18.2. The Kier molecular flexibility index (Phi) is 5.42. The van der Waals surface area contributed by atoms with Crippen molar-refractivity contribution >= 4 is 17.2 Å². The number of ether oxygens (including phenoxy) is 1. The molecule has 136 valence electrons. The van der Waals surface area contributed by atoms with Gasteiger partial charge in [0, 0.05) is 36.1 Å². The van der Waals surface area contributed by atoms with E-state index in [2.05, 4.69) is 4.98 Å². The van der Waals surface area contributed by atoms with Gasteiger partial charge in [0.15, 0.2) is 5.13 Å². The molecule has 5 nitrogen and oxygen atoms in total. The number of benzene rings is 1. The van der Waals surface area contributed by atoms with Crippen molar-refractivity contribution in [2.24, 2.45) is 0 Å². The van der Waals surface area contributed by atoms with Gasteiger partial charge in [-0.2, -0.15) is 0 Å². The molecule has 0 aliphatic carbocycles. The van der Waals surface area contributed by atoms with Crippen LogP contribution in [0.25, 0.3) is 5.13 Å². The number of rotatable bonds is 6. The monoisotopic (exact) mass is 369 g/mol. The van der Waals surface area contributed by atoms with E-state index in [4.69, 9.17) is 4.74 Å². The van der Waals surface area contributed by atoms with Crippen LogP contribution >= 0.6 is 11.3 Å². The van der Waals surface area contributed by atoms with Gasteiger partial charge in [-0.1, -0.05) is 12.1 Å². The number of thiazole rings is 1. The number of carbonyl (C=O) groups is 1. The number of hydrogen-bond donors (Lipinski definition) is 0. The topological polar surface area (TPSA) is 47.4 Å². The second-order valence-corrected chi connectivity index (χ2v) is 6.98. The molecule has 1 amide bonds. The SMILES string of the molecule is CCN(Cc1ccc(OC)cc1)C(=O)c1cc(C)n(-c2nccs2)c1C. The molecule has 0 N–H and O–H groups in total. The Hall–Kier alpha value is -2.60. The third-order valence-electron chi connectivity index (χ3n) is 4.47. The van der Waals surface area contributed by atoms with Crippen LogP contribution in [0.15, 0.2) is 41.9 Å². The average molecular weight is 369 g/mol. The molecule has 3 rings (SSSR count). The van der Waals surface area contributed by atoms with Crippen molar-refractivity contribution in [2.75, 3.05) is 13.7 Å². The molecule has 0 unspecified atom stereocenters. The minimum absolute atomic E-state index is 0.0409.